The summed E-state index contributed by atoms with van der Waals surface area (Å²) in [5, 5.41) is 19.2. The van der Waals surface area contributed by atoms with Crippen LogP contribution in [-0.2, 0) is 0 Å². The fourth-order valence-corrected chi connectivity index (χ4v) is 2.25. The lowest BCUT2D eigenvalue weighted by molar-refractivity contribution is 0.0691. The van der Waals surface area contributed by atoms with Crippen LogP contribution >= 0.6 is 0 Å². The molecule has 0 saturated heterocycles. The molecular formula is C15H9NO5. The zero-order chi connectivity index (χ0) is 15.0. The summed E-state index contributed by atoms with van der Waals surface area (Å²) in [6.07, 6.45) is 1.35. The fourth-order valence-electron chi connectivity index (χ4n) is 2.25. The van der Waals surface area contributed by atoms with Gasteiger partial charge < -0.3 is 14.6 Å². The number of hydrogen-bond acceptors (Lipinski definition) is 4. The van der Waals surface area contributed by atoms with Crippen LogP contribution in [0.5, 0.6) is 0 Å². The third-order valence-corrected chi connectivity index (χ3v) is 3.08. The molecule has 104 valence electrons. The number of pyridine rings is 1. The van der Waals surface area contributed by atoms with Gasteiger partial charge in [0, 0.05) is 5.39 Å². The molecule has 0 aliphatic carbocycles. The zero-order valence-electron chi connectivity index (χ0n) is 10.6. The van der Waals surface area contributed by atoms with Crippen LogP contribution in [0.3, 0.4) is 0 Å². The second kappa shape index (κ2) is 4.75. The SMILES string of the molecule is O=C(O)c1nc2ccccc2c(C(=O)O)c1-c1ccco1. The molecule has 2 heterocycles. The number of rotatable bonds is 3. The molecule has 0 aliphatic heterocycles. The molecule has 3 rings (SSSR count). The van der Waals surface area contributed by atoms with Crippen LogP contribution in [-0.4, -0.2) is 27.1 Å². The molecule has 0 aliphatic rings. The maximum absolute atomic E-state index is 11.6. The number of fused-ring (bicyclic) bond motifs is 1. The number of carboxylic acids is 2. The molecule has 0 radical (unpaired) electrons. The van der Waals surface area contributed by atoms with Gasteiger partial charge in [0.2, 0.25) is 0 Å². The largest absolute Gasteiger partial charge is 0.478 e. The molecular weight excluding hydrogens is 274 g/mol. The molecule has 0 fully saturated rings. The number of aromatic nitrogens is 1. The van der Waals surface area contributed by atoms with E-state index in [4.69, 9.17) is 4.42 Å². The van der Waals surface area contributed by atoms with E-state index in [0.29, 0.717) is 10.9 Å². The van der Waals surface area contributed by atoms with Crippen LogP contribution in [0, 0.1) is 0 Å². The first-order chi connectivity index (χ1) is 10.1. The first-order valence-corrected chi connectivity index (χ1v) is 6.03. The van der Waals surface area contributed by atoms with Crippen molar-refractivity contribution in [3.8, 4) is 11.3 Å². The highest BCUT2D eigenvalue weighted by Crippen LogP contribution is 2.32. The topological polar surface area (TPSA) is 101 Å². The Bertz CT molecular complexity index is 852. The molecule has 3 aromatic rings. The summed E-state index contributed by atoms with van der Waals surface area (Å²) in [4.78, 5) is 27.1. The van der Waals surface area contributed by atoms with Crippen molar-refractivity contribution in [3.63, 3.8) is 0 Å². The Morgan fingerprint density at radius 2 is 1.76 bits per heavy atom. The highest BCUT2D eigenvalue weighted by Gasteiger charge is 2.26. The minimum Gasteiger partial charge on any atom is -0.478 e. The van der Waals surface area contributed by atoms with Gasteiger partial charge >= 0.3 is 11.9 Å². The molecule has 2 N–H and O–H groups in total. The minimum atomic E-state index is -1.31. The van der Waals surface area contributed by atoms with E-state index in [0.717, 1.165) is 0 Å². The number of aromatic carboxylic acids is 2. The fraction of sp³-hybridized carbons (Fsp3) is 0. The average Bonchev–Trinajstić information content (AvgIpc) is 2.98. The summed E-state index contributed by atoms with van der Waals surface area (Å²) in [7, 11) is 0. The molecule has 0 amide bonds. The lowest BCUT2D eigenvalue weighted by Crippen LogP contribution is -2.10. The number of hydrogen-bond donors (Lipinski definition) is 2. The third kappa shape index (κ3) is 2.02. The summed E-state index contributed by atoms with van der Waals surface area (Å²) in [5.74, 6) is -2.39. The summed E-state index contributed by atoms with van der Waals surface area (Å²) < 4.78 is 5.18. The Morgan fingerprint density at radius 3 is 2.38 bits per heavy atom. The van der Waals surface area contributed by atoms with Gasteiger partial charge in [0.15, 0.2) is 5.69 Å². The number of nitrogens with zero attached hydrogens (tertiary/aromatic N) is 1. The van der Waals surface area contributed by atoms with E-state index in [2.05, 4.69) is 4.98 Å². The van der Waals surface area contributed by atoms with Gasteiger partial charge in [-0.1, -0.05) is 18.2 Å². The van der Waals surface area contributed by atoms with Crippen molar-refractivity contribution in [1.29, 1.82) is 0 Å². The molecule has 2 aromatic heterocycles. The van der Waals surface area contributed by atoms with Crippen LogP contribution in [0.1, 0.15) is 20.8 Å². The molecule has 21 heavy (non-hydrogen) atoms. The smallest absolute Gasteiger partial charge is 0.355 e. The Kier molecular flexibility index (Phi) is 2.91. The lowest BCUT2D eigenvalue weighted by atomic mass is 9.98. The molecule has 0 atom stereocenters. The molecule has 6 heteroatoms. The van der Waals surface area contributed by atoms with E-state index < -0.39 is 11.9 Å². The number of carbonyl (C=O) groups is 2. The Labute approximate surface area is 118 Å². The maximum Gasteiger partial charge on any atom is 0.355 e. The quantitative estimate of drug-likeness (QED) is 0.766. The minimum absolute atomic E-state index is 0.0290. The van der Waals surface area contributed by atoms with Crippen molar-refractivity contribution in [2.75, 3.05) is 0 Å². The van der Waals surface area contributed by atoms with E-state index in [-0.39, 0.29) is 22.6 Å². The molecule has 0 spiro atoms. The van der Waals surface area contributed by atoms with Gasteiger partial charge in [-0.25, -0.2) is 14.6 Å². The lowest BCUT2D eigenvalue weighted by Gasteiger charge is -2.10. The van der Waals surface area contributed by atoms with Gasteiger partial charge in [0.25, 0.3) is 0 Å². The van der Waals surface area contributed by atoms with E-state index in [1.165, 1.54) is 12.3 Å². The average molecular weight is 283 g/mol. The normalized spacial score (nSPS) is 10.7. The molecule has 0 bridgehead atoms. The summed E-state index contributed by atoms with van der Waals surface area (Å²) in [6, 6.07) is 9.55. The molecule has 1 aromatic carbocycles. The Balaban J connectivity index is 2.52. The van der Waals surface area contributed by atoms with Gasteiger partial charge in [-0.3, -0.25) is 0 Å². The van der Waals surface area contributed by atoms with Crippen LogP contribution in [0.2, 0.25) is 0 Å². The van der Waals surface area contributed by atoms with E-state index in [1.807, 2.05) is 0 Å². The van der Waals surface area contributed by atoms with Crippen LogP contribution in [0.4, 0.5) is 0 Å². The number of benzene rings is 1. The molecule has 0 unspecified atom stereocenters. The monoisotopic (exact) mass is 283 g/mol. The van der Waals surface area contributed by atoms with Gasteiger partial charge in [-0.15, -0.1) is 0 Å². The van der Waals surface area contributed by atoms with Gasteiger partial charge in [0.1, 0.15) is 5.76 Å². The maximum atomic E-state index is 11.6. The third-order valence-electron chi connectivity index (χ3n) is 3.08. The second-order valence-corrected chi connectivity index (χ2v) is 4.32. The highest BCUT2D eigenvalue weighted by atomic mass is 16.4. The summed E-state index contributed by atoms with van der Waals surface area (Å²) >= 11 is 0. The van der Waals surface area contributed by atoms with E-state index >= 15 is 0 Å². The number of furan rings is 1. The molecule has 6 nitrogen and oxygen atoms in total. The van der Waals surface area contributed by atoms with Crippen molar-refractivity contribution < 1.29 is 24.2 Å². The van der Waals surface area contributed by atoms with Crippen molar-refractivity contribution in [3.05, 3.63) is 53.9 Å². The Morgan fingerprint density at radius 1 is 1.00 bits per heavy atom. The second-order valence-electron chi connectivity index (χ2n) is 4.32. The van der Waals surface area contributed by atoms with Crippen LogP contribution in [0.25, 0.3) is 22.2 Å². The zero-order valence-corrected chi connectivity index (χ0v) is 10.6. The predicted octanol–water partition coefficient (Wildman–Crippen LogP) is 2.89. The Hall–Kier alpha value is -3.15. The standard InChI is InChI=1S/C15H9NO5/c17-14(18)11-8-4-1-2-5-9(8)16-13(15(19)20)12(11)10-6-3-7-21-10/h1-7H,(H,17,18)(H,19,20). The van der Waals surface area contributed by atoms with Crippen molar-refractivity contribution in [1.82, 2.24) is 4.98 Å². The van der Waals surface area contributed by atoms with Crippen molar-refractivity contribution >= 4 is 22.8 Å². The summed E-state index contributed by atoms with van der Waals surface area (Å²) in [6.45, 7) is 0. The predicted molar refractivity (Wildman–Crippen MR) is 73.4 cm³/mol. The van der Waals surface area contributed by atoms with Gasteiger partial charge in [-0.2, -0.15) is 0 Å². The van der Waals surface area contributed by atoms with Crippen molar-refractivity contribution in [2.24, 2.45) is 0 Å². The van der Waals surface area contributed by atoms with Crippen molar-refractivity contribution in [2.45, 2.75) is 0 Å². The van der Waals surface area contributed by atoms with Gasteiger partial charge in [-0.05, 0) is 18.2 Å². The van der Waals surface area contributed by atoms with Crippen LogP contribution < -0.4 is 0 Å². The molecule has 0 saturated carbocycles. The van der Waals surface area contributed by atoms with E-state index in [9.17, 15) is 19.8 Å². The summed E-state index contributed by atoms with van der Waals surface area (Å²) in [5.41, 5.74) is -0.199. The number of para-hydroxylation sites is 1. The van der Waals surface area contributed by atoms with E-state index in [1.54, 1.807) is 30.3 Å². The first-order valence-electron chi connectivity index (χ1n) is 6.03. The van der Waals surface area contributed by atoms with Gasteiger partial charge in [0.05, 0.1) is 22.9 Å². The highest BCUT2D eigenvalue weighted by molar-refractivity contribution is 6.12. The first kappa shape index (κ1) is 12.9. The number of carboxylic acid groups (broad SMARTS) is 2. The van der Waals surface area contributed by atoms with Crippen LogP contribution in [0.15, 0.2) is 47.1 Å².